The zero-order chi connectivity index (χ0) is 12.0. The Bertz CT molecular complexity index is 340. The summed E-state index contributed by atoms with van der Waals surface area (Å²) in [6, 6.07) is 3.93. The van der Waals surface area contributed by atoms with Crippen molar-refractivity contribution in [2.24, 2.45) is 5.92 Å². The average Bonchev–Trinajstić information content (AvgIpc) is 2.69. The summed E-state index contributed by atoms with van der Waals surface area (Å²) in [6.07, 6.45) is 0.936. The molecule has 1 unspecified atom stereocenters. The van der Waals surface area contributed by atoms with Gasteiger partial charge in [-0.3, -0.25) is 4.79 Å². The van der Waals surface area contributed by atoms with E-state index in [-0.39, 0.29) is 11.9 Å². The summed E-state index contributed by atoms with van der Waals surface area (Å²) < 4.78 is 5.45. The highest BCUT2D eigenvalue weighted by Gasteiger charge is 2.11. The van der Waals surface area contributed by atoms with Gasteiger partial charge in [0.1, 0.15) is 0 Å². The first kappa shape index (κ1) is 13.5. The van der Waals surface area contributed by atoms with Gasteiger partial charge in [-0.1, -0.05) is 18.5 Å². The summed E-state index contributed by atoms with van der Waals surface area (Å²) >= 11 is 7.41. The van der Waals surface area contributed by atoms with Crippen molar-refractivity contribution in [1.29, 1.82) is 0 Å². The maximum atomic E-state index is 11.1. The zero-order valence-corrected chi connectivity index (χ0v) is 11.0. The molecule has 0 aliphatic carbocycles. The number of carbonyl (C=O) groups is 1. The second-order valence-corrected chi connectivity index (χ2v) is 5.38. The average molecular weight is 262 g/mol. The van der Waals surface area contributed by atoms with Crippen LogP contribution in [0.3, 0.4) is 0 Å². The molecule has 90 valence electrons. The number of methoxy groups -OCH3 is 1. The molecule has 3 nitrogen and oxygen atoms in total. The Hall–Kier alpha value is -0.580. The smallest absolute Gasteiger partial charge is 0.309 e. The molecule has 0 aliphatic rings. The molecule has 0 saturated carbocycles. The minimum absolute atomic E-state index is 0.100. The third kappa shape index (κ3) is 4.51. The van der Waals surface area contributed by atoms with Crippen LogP contribution in [0.4, 0.5) is 0 Å². The van der Waals surface area contributed by atoms with Gasteiger partial charge in [0.05, 0.1) is 17.4 Å². The Morgan fingerprint density at radius 2 is 2.38 bits per heavy atom. The van der Waals surface area contributed by atoms with Gasteiger partial charge in [0, 0.05) is 11.4 Å². The highest BCUT2D eigenvalue weighted by atomic mass is 35.5. The van der Waals surface area contributed by atoms with E-state index in [9.17, 15) is 4.79 Å². The summed E-state index contributed by atoms with van der Waals surface area (Å²) in [7, 11) is 1.41. The molecular weight excluding hydrogens is 246 g/mol. The van der Waals surface area contributed by atoms with E-state index in [4.69, 9.17) is 11.6 Å². The number of hydrogen-bond donors (Lipinski definition) is 1. The molecule has 0 aliphatic heterocycles. The fourth-order valence-corrected chi connectivity index (χ4v) is 2.39. The maximum absolute atomic E-state index is 11.1. The SMILES string of the molecule is COC(=O)C(C)CNCCc1ccc(Cl)s1. The molecule has 0 radical (unpaired) electrons. The van der Waals surface area contributed by atoms with Crippen LogP contribution in [-0.2, 0) is 16.0 Å². The molecule has 0 amide bonds. The van der Waals surface area contributed by atoms with Gasteiger partial charge in [-0.15, -0.1) is 11.3 Å². The quantitative estimate of drug-likeness (QED) is 0.631. The van der Waals surface area contributed by atoms with Crippen LogP contribution in [0.15, 0.2) is 12.1 Å². The molecule has 0 spiro atoms. The van der Waals surface area contributed by atoms with E-state index in [0.29, 0.717) is 6.54 Å². The van der Waals surface area contributed by atoms with E-state index in [1.165, 1.54) is 12.0 Å². The number of ether oxygens (including phenoxy) is 1. The molecule has 1 aromatic heterocycles. The normalized spacial score (nSPS) is 12.4. The Balaban J connectivity index is 2.14. The van der Waals surface area contributed by atoms with Gasteiger partial charge in [-0.25, -0.2) is 0 Å². The van der Waals surface area contributed by atoms with Crippen molar-refractivity contribution in [3.05, 3.63) is 21.3 Å². The summed E-state index contributed by atoms with van der Waals surface area (Å²) in [5.74, 6) is -0.274. The molecule has 1 heterocycles. The first-order valence-corrected chi connectivity index (χ1v) is 6.35. The Labute approximate surface area is 105 Å². The molecule has 0 bridgehead atoms. The first-order valence-electron chi connectivity index (χ1n) is 5.16. The van der Waals surface area contributed by atoms with Crippen LogP contribution < -0.4 is 5.32 Å². The molecular formula is C11H16ClNO2S. The first-order chi connectivity index (χ1) is 7.63. The van der Waals surface area contributed by atoms with Crippen LogP contribution in [0.5, 0.6) is 0 Å². The van der Waals surface area contributed by atoms with Crippen LogP contribution in [0, 0.1) is 5.92 Å². The molecule has 1 aromatic rings. The van der Waals surface area contributed by atoms with Crippen molar-refractivity contribution in [3.8, 4) is 0 Å². The summed E-state index contributed by atoms with van der Waals surface area (Å²) in [4.78, 5) is 12.4. The van der Waals surface area contributed by atoms with Gasteiger partial charge in [0.2, 0.25) is 0 Å². The molecule has 0 saturated heterocycles. The number of hydrogen-bond acceptors (Lipinski definition) is 4. The van der Waals surface area contributed by atoms with Crippen molar-refractivity contribution in [1.82, 2.24) is 5.32 Å². The van der Waals surface area contributed by atoms with E-state index in [1.54, 1.807) is 11.3 Å². The van der Waals surface area contributed by atoms with Crippen LogP contribution in [0.1, 0.15) is 11.8 Å². The van der Waals surface area contributed by atoms with Crippen molar-refractivity contribution in [2.75, 3.05) is 20.2 Å². The topological polar surface area (TPSA) is 38.3 Å². The second kappa shape index (κ2) is 6.89. The number of esters is 1. The third-order valence-electron chi connectivity index (χ3n) is 2.23. The Morgan fingerprint density at radius 3 is 2.94 bits per heavy atom. The second-order valence-electron chi connectivity index (χ2n) is 3.58. The number of rotatable bonds is 6. The molecule has 1 atom stereocenters. The van der Waals surface area contributed by atoms with Crippen molar-refractivity contribution in [2.45, 2.75) is 13.3 Å². The van der Waals surface area contributed by atoms with Crippen molar-refractivity contribution in [3.63, 3.8) is 0 Å². The van der Waals surface area contributed by atoms with Gasteiger partial charge in [0.15, 0.2) is 0 Å². The largest absolute Gasteiger partial charge is 0.469 e. The van der Waals surface area contributed by atoms with Crippen molar-refractivity contribution >= 4 is 28.9 Å². The molecule has 0 fully saturated rings. The molecule has 5 heteroatoms. The summed E-state index contributed by atoms with van der Waals surface area (Å²) in [5.41, 5.74) is 0. The fraction of sp³-hybridized carbons (Fsp3) is 0.545. The summed E-state index contributed by atoms with van der Waals surface area (Å²) in [6.45, 7) is 3.34. The van der Waals surface area contributed by atoms with Gasteiger partial charge in [-0.05, 0) is 25.1 Å². The Morgan fingerprint density at radius 1 is 1.62 bits per heavy atom. The summed E-state index contributed by atoms with van der Waals surface area (Å²) in [5, 5.41) is 3.22. The van der Waals surface area contributed by atoms with Gasteiger partial charge >= 0.3 is 5.97 Å². The van der Waals surface area contributed by atoms with E-state index < -0.39 is 0 Å². The third-order valence-corrected chi connectivity index (χ3v) is 3.52. The lowest BCUT2D eigenvalue weighted by molar-refractivity contribution is -0.144. The van der Waals surface area contributed by atoms with Crippen LogP contribution in [-0.4, -0.2) is 26.2 Å². The number of nitrogens with one attached hydrogen (secondary N) is 1. The fourth-order valence-electron chi connectivity index (χ4n) is 1.30. The van der Waals surface area contributed by atoms with E-state index in [1.807, 2.05) is 19.1 Å². The maximum Gasteiger partial charge on any atom is 0.309 e. The van der Waals surface area contributed by atoms with Crippen LogP contribution in [0.2, 0.25) is 4.34 Å². The van der Waals surface area contributed by atoms with Gasteiger partial charge < -0.3 is 10.1 Å². The number of halogens is 1. The molecule has 0 aromatic carbocycles. The number of thiophene rings is 1. The molecule has 1 rings (SSSR count). The standard InChI is InChI=1S/C11H16ClNO2S/c1-8(11(14)15-2)7-13-6-5-9-3-4-10(12)16-9/h3-4,8,13H,5-7H2,1-2H3. The monoisotopic (exact) mass is 261 g/mol. The van der Waals surface area contributed by atoms with Gasteiger partial charge in [0.25, 0.3) is 0 Å². The number of carbonyl (C=O) groups excluding carboxylic acids is 1. The van der Waals surface area contributed by atoms with E-state index >= 15 is 0 Å². The van der Waals surface area contributed by atoms with E-state index in [2.05, 4.69) is 10.1 Å². The zero-order valence-electron chi connectivity index (χ0n) is 9.46. The molecule has 1 N–H and O–H groups in total. The highest BCUT2D eigenvalue weighted by Crippen LogP contribution is 2.21. The highest BCUT2D eigenvalue weighted by molar-refractivity contribution is 7.16. The lowest BCUT2D eigenvalue weighted by atomic mass is 10.2. The predicted molar refractivity (Wildman–Crippen MR) is 67.1 cm³/mol. The predicted octanol–water partition coefficient (Wildman–Crippen LogP) is 2.34. The lowest BCUT2D eigenvalue weighted by Gasteiger charge is -2.09. The van der Waals surface area contributed by atoms with Gasteiger partial charge in [-0.2, -0.15) is 0 Å². The van der Waals surface area contributed by atoms with Crippen molar-refractivity contribution < 1.29 is 9.53 Å². The minimum Gasteiger partial charge on any atom is -0.469 e. The Kier molecular flexibility index (Phi) is 5.80. The van der Waals surface area contributed by atoms with E-state index in [0.717, 1.165) is 17.3 Å². The van der Waals surface area contributed by atoms with Crippen LogP contribution in [0.25, 0.3) is 0 Å². The minimum atomic E-state index is -0.174. The lowest BCUT2D eigenvalue weighted by Crippen LogP contribution is -2.28. The van der Waals surface area contributed by atoms with Crippen LogP contribution >= 0.6 is 22.9 Å². The molecule has 16 heavy (non-hydrogen) atoms.